The van der Waals surface area contributed by atoms with Crippen LogP contribution in [0.5, 0.6) is 0 Å². The average Bonchev–Trinajstić information content (AvgIpc) is 2.75. The number of aromatic nitrogens is 4. The topological polar surface area (TPSA) is 55.6 Å². The minimum Gasteiger partial charge on any atom is -0.366 e. The number of nitrogens with one attached hydrogen (secondary N) is 1. The van der Waals surface area contributed by atoms with Crippen LogP contribution in [0.1, 0.15) is 5.56 Å². The van der Waals surface area contributed by atoms with Gasteiger partial charge in [-0.1, -0.05) is 12.2 Å². The van der Waals surface area contributed by atoms with Gasteiger partial charge >= 0.3 is 0 Å². The second kappa shape index (κ2) is 3.44. The Morgan fingerprint density at radius 1 is 1.38 bits per heavy atom. The van der Waals surface area contributed by atoms with Crippen molar-refractivity contribution in [3.8, 4) is 11.3 Å². The number of nitrogens with zero attached hydrogens (tertiary/aromatic N) is 4. The summed E-state index contributed by atoms with van der Waals surface area (Å²) in [7, 11) is 1.89. The molecule has 0 aliphatic carbocycles. The predicted molar refractivity (Wildman–Crippen MR) is 61.8 cm³/mol. The average molecular weight is 213 g/mol. The normalized spacial score (nSPS) is 13.3. The Kier molecular flexibility index (Phi) is 1.96. The standard InChI is InChI=1S/C11H11N5/c1-16-6-8(5-15-16)10-9-3-2-4-12-11(9)14-7-13-10/h2-3,5-7H,4H2,1H3,(H,12,13,14). The fourth-order valence-corrected chi connectivity index (χ4v) is 1.80. The molecule has 0 saturated carbocycles. The second-order valence-corrected chi connectivity index (χ2v) is 3.67. The van der Waals surface area contributed by atoms with Gasteiger partial charge in [0.25, 0.3) is 0 Å². The maximum atomic E-state index is 4.32. The summed E-state index contributed by atoms with van der Waals surface area (Å²) in [6.07, 6.45) is 9.45. The zero-order valence-electron chi connectivity index (χ0n) is 8.88. The van der Waals surface area contributed by atoms with E-state index in [2.05, 4.69) is 26.5 Å². The summed E-state index contributed by atoms with van der Waals surface area (Å²) in [6.45, 7) is 0.816. The van der Waals surface area contributed by atoms with E-state index in [0.29, 0.717) is 0 Å². The van der Waals surface area contributed by atoms with Crippen LogP contribution < -0.4 is 5.32 Å². The molecule has 5 heteroatoms. The van der Waals surface area contributed by atoms with Crippen LogP contribution in [-0.4, -0.2) is 26.3 Å². The zero-order valence-corrected chi connectivity index (χ0v) is 8.88. The molecule has 80 valence electrons. The third-order valence-corrected chi connectivity index (χ3v) is 2.53. The molecular weight excluding hydrogens is 202 g/mol. The number of rotatable bonds is 1. The summed E-state index contributed by atoms with van der Waals surface area (Å²) in [5, 5.41) is 7.37. The first kappa shape index (κ1) is 9.08. The van der Waals surface area contributed by atoms with E-state index < -0.39 is 0 Å². The monoisotopic (exact) mass is 213 g/mol. The summed E-state index contributed by atoms with van der Waals surface area (Å²) in [6, 6.07) is 0. The highest BCUT2D eigenvalue weighted by Gasteiger charge is 2.13. The molecule has 0 amide bonds. The Bertz CT molecular complexity index is 555. The molecule has 3 rings (SSSR count). The van der Waals surface area contributed by atoms with Gasteiger partial charge in [-0.25, -0.2) is 9.97 Å². The molecule has 0 spiro atoms. The molecule has 0 radical (unpaired) electrons. The van der Waals surface area contributed by atoms with Crippen molar-refractivity contribution >= 4 is 11.9 Å². The van der Waals surface area contributed by atoms with Crippen LogP contribution in [0.2, 0.25) is 0 Å². The van der Waals surface area contributed by atoms with Crippen LogP contribution in [0.3, 0.4) is 0 Å². The first-order chi connectivity index (χ1) is 7.84. The summed E-state index contributed by atoms with van der Waals surface area (Å²) in [5.74, 6) is 0.886. The van der Waals surface area contributed by atoms with Crippen LogP contribution in [0.4, 0.5) is 5.82 Å². The lowest BCUT2D eigenvalue weighted by atomic mass is 10.1. The molecule has 0 saturated heterocycles. The Hall–Kier alpha value is -2.17. The van der Waals surface area contributed by atoms with Crippen molar-refractivity contribution in [2.75, 3.05) is 11.9 Å². The molecule has 0 fully saturated rings. The van der Waals surface area contributed by atoms with Crippen molar-refractivity contribution in [1.29, 1.82) is 0 Å². The number of aryl methyl sites for hydroxylation is 1. The van der Waals surface area contributed by atoms with Crippen molar-refractivity contribution < 1.29 is 0 Å². The molecule has 0 bridgehead atoms. The summed E-state index contributed by atoms with van der Waals surface area (Å²) < 4.78 is 1.77. The maximum Gasteiger partial charge on any atom is 0.137 e. The van der Waals surface area contributed by atoms with E-state index in [4.69, 9.17) is 0 Å². The van der Waals surface area contributed by atoms with Gasteiger partial charge in [-0.05, 0) is 0 Å². The molecule has 0 atom stereocenters. The van der Waals surface area contributed by atoms with Gasteiger partial charge in [0.05, 0.1) is 11.9 Å². The van der Waals surface area contributed by atoms with E-state index in [-0.39, 0.29) is 0 Å². The van der Waals surface area contributed by atoms with E-state index in [0.717, 1.165) is 29.2 Å². The Balaban J connectivity index is 2.19. The largest absolute Gasteiger partial charge is 0.366 e. The lowest BCUT2D eigenvalue weighted by Crippen LogP contribution is -2.08. The first-order valence-corrected chi connectivity index (χ1v) is 5.09. The molecule has 1 N–H and O–H groups in total. The molecule has 1 aliphatic rings. The molecule has 5 nitrogen and oxygen atoms in total. The van der Waals surface area contributed by atoms with Gasteiger partial charge in [-0.15, -0.1) is 0 Å². The van der Waals surface area contributed by atoms with Crippen molar-refractivity contribution in [2.45, 2.75) is 0 Å². The predicted octanol–water partition coefficient (Wildman–Crippen LogP) is 1.32. The van der Waals surface area contributed by atoms with Crippen LogP contribution in [-0.2, 0) is 7.05 Å². The van der Waals surface area contributed by atoms with E-state index in [1.54, 1.807) is 11.0 Å². The molecule has 16 heavy (non-hydrogen) atoms. The van der Waals surface area contributed by atoms with Crippen molar-refractivity contribution in [3.05, 3.63) is 30.4 Å². The molecular formula is C11H11N5. The number of anilines is 1. The minimum atomic E-state index is 0.816. The number of fused-ring (bicyclic) bond motifs is 1. The third kappa shape index (κ3) is 1.37. The third-order valence-electron chi connectivity index (χ3n) is 2.53. The number of hydrogen-bond donors (Lipinski definition) is 1. The van der Waals surface area contributed by atoms with E-state index in [9.17, 15) is 0 Å². The summed E-state index contributed by atoms with van der Waals surface area (Å²) in [4.78, 5) is 8.53. The SMILES string of the molecule is Cn1cc(-c2ncnc3c2C=CCN3)cn1. The summed E-state index contributed by atoms with van der Waals surface area (Å²) in [5.41, 5.74) is 2.96. The van der Waals surface area contributed by atoms with Crippen LogP contribution in [0, 0.1) is 0 Å². The lowest BCUT2D eigenvalue weighted by molar-refractivity contribution is 0.768. The van der Waals surface area contributed by atoms with Crippen LogP contribution in [0.15, 0.2) is 24.8 Å². The molecule has 2 aromatic rings. The lowest BCUT2D eigenvalue weighted by Gasteiger charge is -2.13. The molecule has 3 heterocycles. The summed E-state index contributed by atoms with van der Waals surface area (Å²) >= 11 is 0. The van der Waals surface area contributed by atoms with Gasteiger partial charge in [0, 0.05) is 30.9 Å². The van der Waals surface area contributed by atoms with Gasteiger partial charge < -0.3 is 5.32 Å². The second-order valence-electron chi connectivity index (χ2n) is 3.67. The maximum absolute atomic E-state index is 4.32. The first-order valence-electron chi connectivity index (χ1n) is 5.09. The fraction of sp³-hybridized carbons (Fsp3) is 0.182. The van der Waals surface area contributed by atoms with Crippen molar-refractivity contribution in [1.82, 2.24) is 19.7 Å². The smallest absolute Gasteiger partial charge is 0.137 e. The van der Waals surface area contributed by atoms with Gasteiger partial charge in [0.1, 0.15) is 12.1 Å². The van der Waals surface area contributed by atoms with Crippen LogP contribution in [0.25, 0.3) is 17.3 Å². The zero-order chi connectivity index (χ0) is 11.0. The molecule has 1 aliphatic heterocycles. The quantitative estimate of drug-likeness (QED) is 0.776. The van der Waals surface area contributed by atoms with E-state index >= 15 is 0 Å². The highest BCUT2D eigenvalue weighted by atomic mass is 15.2. The molecule has 0 unspecified atom stereocenters. The molecule has 2 aromatic heterocycles. The van der Waals surface area contributed by atoms with Gasteiger partial charge in [0.15, 0.2) is 0 Å². The van der Waals surface area contributed by atoms with Gasteiger partial charge in [0.2, 0.25) is 0 Å². The minimum absolute atomic E-state index is 0.816. The van der Waals surface area contributed by atoms with E-state index in [1.807, 2.05) is 25.5 Å². The van der Waals surface area contributed by atoms with Crippen LogP contribution >= 0.6 is 0 Å². The Morgan fingerprint density at radius 2 is 2.31 bits per heavy atom. The van der Waals surface area contributed by atoms with Gasteiger partial charge in [-0.2, -0.15) is 5.10 Å². The van der Waals surface area contributed by atoms with E-state index in [1.165, 1.54) is 0 Å². The van der Waals surface area contributed by atoms with Gasteiger partial charge in [-0.3, -0.25) is 4.68 Å². The highest BCUT2D eigenvalue weighted by Crippen LogP contribution is 2.27. The van der Waals surface area contributed by atoms with Crippen molar-refractivity contribution in [2.24, 2.45) is 7.05 Å². The fourth-order valence-electron chi connectivity index (χ4n) is 1.80. The molecule has 0 aromatic carbocycles. The van der Waals surface area contributed by atoms with Crippen molar-refractivity contribution in [3.63, 3.8) is 0 Å². The Labute approximate surface area is 92.8 Å². The Morgan fingerprint density at radius 3 is 3.12 bits per heavy atom. The highest BCUT2D eigenvalue weighted by molar-refractivity contribution is 5.79. The number of hydrogen-bond acceptors (Lipinski definition) is 4.